The molecule has 4 heterocycles. The molecule has 2 aliphatic rings. The number of aliphatic hydroxyl groups is 1. The largest absolute Gasteiger partial charge is 0.465 e. The molecule has 0 radical (unpaired) electrons. The van der Waals surface area contributed by atoms with E-state index in [1.807, 2.05) is 19.1 Å². The number of ether oxygens (including phenoxy) is 1. The Kier molecular flexibility index (Phi) is 6.18. The van der Waals surface area contributed by atoms with Crippen LogP contribution in [0.1, 0.15) is 42.1 Å². The van der Waals surface area contributed by atoms with Gasteiger partial charge < -0.3 is 24.8 Å². The summed E-state index contributed by atoms with van der Waals surface area (Å²) in [6.07, 6.45) is 1.35. The van der Waals surface area contributed by atoms with Gasteiger partial charge in [-0.1, -0.05) is 17.7 Å². The SMILES string of the molecule is Cc1c(Cl)[nH]c2ncc(-c3cc4c(c(C5COCCN5C(=O)O)c3)CN(C(=O)C(C)(C)O)CC4)cc12. The fourth-order valence-corrected chi connectivity index (χ4v) is 5.33. The van der Waals surface area contributed by atoms with Crippen LogP contribution in [0.5, 0.6) is 0 Å². The number of hydrogen-bond acceptors (Lipinski definition) is 5. The molecular weight excluding hydrogens is 484 g/mol. The summed E-state index contributed by atoms with van der Waals surface area (Å²) in [5, 5.41) is 21.7. The van der Waals surface area contributed by atoms with E-state index in [9.17, 15) is 19.8 Å². The number of rotatable bonds is 3. The molecule has 1 atom stereocenters. The number of fused-ring (bicyclic) bond motifs is 2. The number of nitrogens with one attached hydrogen (secondary N) is 1. The monoisotopic (exact) mass is 512 g/mol. The minimum absolute atomic E-state index is 0.228. The van der Waals surface area contributed by atoms with Crippen LogP contribution >= 0.6 is 11.6 Å². The number of benzene rings is 1. The lowest BCUT2D eigenvalue weighted by Gasteiger charge is -2.39. The lowest BCUT2D eigenvalue weighted by atomic mass is 9.86. The predicted molar refractivity (Wildman–Crippen MR) is 135 cm³/mol. The Labute approximate surface area is 213 Å². The van der Waals surface area contributed by atoms with Crippen molar-refractivity contribution in [2.24, 2.45) is 0 Å². The normalized spacial score (nSPS) is 18.4. The fraction of sp³-hybridized carbons (Fsp3) is 0.423. The zero-order valence-corrected chi connectivity index (χ0v) is 21.2. The first-order valence-corrected chi connectivity index (χ1v) is 12.3. The Morgan fingerprint density at radius 2 is 2.00 bits per heavy atom. The van der Waals surface area contributed by atoms with Gasteiger partial charge in [0.25, 0.3) is 5.91 Å². The highest BCUT2D eigenvalue weighted by Gasteiger charge is 2.36. The number of hydrogen-bond donors (Lipinski definition) is 3. The van der Waals surface area contributed by atoms with Gasteiger partial charge in [0, 0.05) is 36.8 Å². The van der Waals surface area contributed by atoms with Crippen molar-refractivity contribution >= 4 is 34.6 Å². The molecule has 9 nitrogen and oxygen atoms in total. The molecule has 2 aliphatic heterocycles. The predicted octanol–water partition coefficient (Wildman–Crippen LogP) is 3.90. The highest BCUT2D eigenvalue weighted by molar-refractivity contribution is 6.31. The van der Waals surface area contributed by atoms with Crippen LogP contribution < -0.4 is 0 Å². The number of aryl methyl sites for hydroxylation is 1. The van der Waals surface area contributed by atoms with Crippen molar-refractivity contribution in [2.75, 3.05) is 26.3 Å². The number of halogens is 1. The molecule has 3 N–H and O–H groups in total. The Hall–Kier alpha value is -3.14. The first-order chi connectivity index (χ1) is 17.0. The van der Waals surface area contributed by atoms with Gasteiger partial charge in [0.05, 0.1) is 19.3 Å². The number of carbonyl (C=O) groups excluding carboxylic acids is 1. The molecule has 10 heteroatoms. The topological polar surface area (TPSA) is 119 Å². The summed E-state index contributed by atoms with van der Waals surface area (Å²) in [5.74, 6) is -0.354. The second-order valence-electron chi connectivity index (χ2n) is 9.99. The van der Waals surface area contributed by atoms with Crippen LogP contribution in [0.25, 0.3) is 22.2 Å². The van der Waals surface area contributed by atoms with E-state index >= 15 is 0 Å². The molecule has 1 saturated heterocycles. The average molecular weight is 513 g/mol. The van der Waals surface area contributed by atoms with Crippen LogP contribution in [0.15, 0.2) is 24.4 Å². The second-order valence-corrected chi connectivity index (χ2v) is 10.4. The van der Waals surface area contributed by atoms with E-state index in [-0.39, 0.29) is 19.1 Å². The molecule has 0 aliphatic carbocycles. The van der Waals surface area contributed by atoms with E-state index in [2.05, 4.69) is 16.0 Å². The van der Waals surface area contributed by atoms with Crippen molar-refractivity contribution in [2.45, 2.75) is 45.4 Å². The first kappa shape index (κ1) is 24.5. The summed E-state index contributed by atoms with van der Waals surface area (Å²) in [4.78, 5) is 35.6. The van der Waals surface area contributed by atoms with Crippen molar-refractivity contribution in [3.63, 3.8) is 0 Å². The van der Waals surface area contributed by atoms with Gasteiger partial charge >= 0.3 is 6.09 Å². The number of carbonyl (C=O) groups is 2. The molecule has 1 fully saturated rings. The minimum atomic E-state index is -1.49. The summed E-state index contributed by atoms with van der Waals surface area (Å²) in [5.41, 5.74) is 4.68. The Morgan fingerprint density at radius 1 is 1.22 bits per heavy atom. The molecule has 0 saturated carbocycles. The second kappa shape index (κ2) is 9.06. The van der Waals surface area contributed by atoms with Crippen LogP contribution in [0.4, 0.5) is 4.79 Å². The summed E-state index contributed by atoms with van der Waals surface area (Å²) in [6, 6.07) is 5.59. The van der Waals surface area contributed by atoms with Crippen LogP contribution in [0, 0.1) is 6.92 Å². The number of amides is 2. The quantitative estimate of drug-likeness (QED) is 0.489. The third kappa shape index (κ3) is 4.31. The molecule has 3 aromatic rings. The summed E-state index contributed by atoms with van der Waals surface area (Å²) >= 11 is 6.27. The van der Waals surface area contributed by atoms with Gasteiger partial charge in [-0.25, -0.2) is 9.78 Å². The van der Waals surface area contributed by atoms with Crippen molar-refractivity contribution in [1.29, 1.82) is 0 Å². The number of aromatic amines is 1. The van der Waals surface area contributed by atoms with E-state index in [0.717, 1.165) is 38.8 Å². The number of nitrogens with zero attached hydrogens (tertiary/aromatic N) is 3. The van der Waals surface area contributed by atoms with Crippen molar-refractivity contribution < 1.29 is 24.5 Å². The molecule has 1 aromatic carbocycles. The van der Waals surface area contributed by atoms with Gasteiger partial charge in [-0.15, -0.1) is 0 Å². The van der Waals surface area contributed by atoms with E-state index < -0.39 is 17.7 Å². The van der Waals surface area contributed by atoms with Crippen molar-refractivity contribution in [3.8, 4) is 11.1 Å². The Balaban J connectivity index is 1.64. The maximum atomic E-state index is 12.9. The van der Waals surface area contributed by atoms with Crippen LogP contribution in [-0.4, -0.2) is 73.9 Å². The molecule has 190 valence electrons. The van der Waals surface area contributed by atoms with Crippen molar-refractivity contribution in [3.05, 3.63) is 51.8 Å². The number of aromatic nitrogens is 2. The maximum absolute atomic E-state index is 12.9. The molecular formula is C26H29ClN4O5. The van der Waals surface area contributed by atoms with E-state index in [1.54, 1.807) is 11.1 Å². The summed E-state index contributed by atoms with van der Waals surface area (Å²) in [6.45, 7) is 6.48. The third-order valence-corrected chi connectivity index (χ3v) is 7.48. The van der Waals surface area contributed by atoms with Gasteiger partial charge in [-0.2, -0.15) is 0 Å². The Morgan fingerprint density at radius 3 is 2.72 bits per heavy atom. The zero-order chi connectivity index (χ0) is 25.8. The lowest BCUT2D eigenvalue weighted by molar-refractivity contribution is -0.148. The number of pyridine rings is 1. The smallest absolute Gasteiger partial charge is 0.407 e. The molecule has 1 unspecified atom stereocenters. The standard InChI is InChI=1S/C26H29ClN4O5/c1-14-18-10-17(11-28-23(18)29-22(14)27)16-8-15-4-5-30(24(32)26(2,3)35)12-20(15)19(9-16)21-13-36-7-6-31(21)25(33)34/h8-11,21,35H,4-7,12-13H2,1-3H3,(H,28,29)(H,33,34). The molecule has 0 bridgehead atoms. The van der Waals surface area contributed by atoms with Crippen LogP contribution in [-0.2, 0) is 22.5 Å². The zero-order valence-electron chi connectivity index (χ0n) is 20.5. The van der Waals surface area contributed by atoms with Gasteiger partial charge in [0.1, 0.15) is 16.4 Å². The van der Waals surface area contributed by atoms with Crippen LogP contribution in [0.3, 0.4) is 0 Å². The third-order valence-electron chi connectivity index (χ3n) is 7.10. The fourth-order valence-electron chi connectivity index (χ4n) is 5.14. The van der Waals surface area contributed by atoms with E-state index in [4.69, 9.17) is 16.3 Å². The first-order valence-electron chi connectivity index (χ1n) is 11.9. The summed E-state index contributed by atoms with van der Waals surface area (Å²) in [7, 11) is 0. The highest BCUT2D eigenvalue weighted by atomic mass is 35.5. The molecule has 2 aromatic heterocycles. The van der Waals surface area contributed by atoms with Gasteiger partial charge in [0.2, 0.25) is 0 Å². The number of carboxylic acid groups (broad SMARTS) is 1. The minimum Gasteiger partial charge on any atom is -0.465 e. The average Bonchev–Trinajstić information content (AvgIpc) is 3.14. The molecule has 2 amide bonds. The van der Waals surface area contributed by atoms with E-state index in [1.165, 1.54) is 18.7 Å². The molecule has 0 spiro atoms. The van der Waals surface area contributed by atoms with Crippen molar-refractivity contribution in [1.82, 2.24) is 19.8 Å². The Bertz CT molecular complexity index is 1360. The van der Waals surface area contributed by atoms with Gasteiger partial charge in [-0.05, 0) is 67.1 Å². The highest BCUT2D eigenvalue weighted by Crippen LogP contribution is 2.37. The van der Waals surface area contributed by atoms with Gasteiger partial charge in [-0.3, -0.25) is 9.69 Å². The number of morpholine rings is 1. The van der Waals surface area contributed by atoms with Gasteiger partial charge in [0.15, 0.2) is 0 Å². The van der Waals surface area contributed by atoms with Crippen LogP contribution in [0.2, 0.25) is 5.15 Å². The number of H-pyrrole nitrogens is 1. The lowest BCUT2D eigenvalue weighted by Crippen LogP contribution is -2.48. The summed E-state index contributed by atoms with van der Waals surface area (Å²) < 4.78 is 5.70. The maximum Gasteiger partial charge on any atom is 0.407 e. The molecule has 36 heavy (non-hydrogen) atoms. The molecule has 5 rings (SSSR count). The van der Waals surface area contributed by atoms with E-state index in [0.29, 0.717) is 36.9 Å².